The second kappa shape index (κ2) is 6.48. The topological polar surface area (TPSA) is 92.4 Å². The van der Waals surface area contributed by atoms with Crippen LogP contribution in [0.5, 0.6) is 0 Å². The van der Waals surface area contributed by atoms with Gasteiger partial charge in [0, 0.05) is 1.37 Å². The molecule has 0 saturated heterocycles. The minimum atomic E-state index is -1.09. The first-order valence-corrected chi connectivity index (χ1v) is 5.69. The normalized spacial score (nSPS) is 21.9. The third kappa shape index (κ3) is 4.18. The number of nitrogens with one attached hydrogen (secondary N) is 1. The number of carboxylic acid groups (broad SMARTS) is 1. The molecular weight excluding hydrogens is 208 g/mol. The van der Waals surface area contributed by atoms with Crippen molar-refractivity contribution in [1.82, 2.24) is 5.32 Å². The Kier molecular flexibility index (Phi) is 4.61. The maximum Gasteiger partial charge on any atom is 0.326 e. The summed E-state index contributed by atoms with van der Waals surface area (Å²) in [5.41, 5.74) is 5.13. The molecule has 0 aliphatic heterocycles. The quantitative estimate of drug-likeness (QED) is 0.639. The van der Waals surface area contributed by atoms with E-state index in [1.165, 1.54) is 0 Å². The molecule has 92 valence electrons. The first-order valence-electron chi connectivity index (χ1n) is 6.19. The van der Waals surface area contributed by atoms with Gasteiger partial charge < -0.3 is 16.2 Å². The lowest BCUT2D eigenvalue weighted by atomic mass is 9.85. The highest BCUT2D eigenvalue weighted by molar-refractivity contribution is 5.84. The van der Waals surface area contributed by atoms with Crippen molar-refractivity contribution in [2.75, 3.05) is 6.54 Å². The van der Waals surface area contributed by atoms with Crippen LogP contribution < -0.4 is 11.1 Å². The SMILES string of the molecule is [2H]C1(C[C@H](NC(=O)CN)C(=O)O)CCCCC1. The molecule has 0 spiro atoms. The van der Waals surface area contributed by atoms with Crippen LogP contribution in [0.3, 0.4) is 0 Å². The van der Waals surface area contributed by atoms with Gasteiger partial charge in [-0.25, -0.2) is 4.79 Å². The summed E-state index contributed by atoms with van der Waals surface area (Å²) in [5, 5.41) is 11.4. The smallest absolute Gasteiger partial charge is 0.326 e. The molecule has 1 amide bonds. The van der Waals surface area contributed by atoms with Crippen molar-refractivity contribution in [3.8, 4) is 0 Å². The molecule has 16 heavy (non-hydrogen) atoms. The molecule has 4 N–H and O–H groups in total. The molecule has 1 aliphatic rings. The van der Waals surface area contributed by atoms with Gasteiger partial charge in [-0.1, -0.05) is 32.1 Å². The molecule has 0 bridgehead atoms. The molecule has 0 aromatic carbocycles. The summed E-state index contributed by atoms with van der Waals surface area (Å²) in [6, 6.07) is -0.998. The highest BCUT2D eigenvalue weighted by Gasteiger charge is 2.24. The van der Waals surface area contributed by atoms with Crippen LogP contribution in [0.25, 0.3) is 0 Å². The van der Waals surface area contributed by atoms with Crippen molar-refractivity contribution in [3.63, 3.8) is 0 Å². The summed E-state index contributed by atoms with van der Waals surface area (Å²) in [6.45, 7) is -0.227. The number of carbonyl (C=O) groups excluding carboxylic acids is 1. The molecular formula is C11H20N2O3. The Morgan fingerprint density at radius 3 is 2.56 bits per heavy atom. The van der Waals surface area contributed by atoms with Gasteiger partial charge in [0.2, 0.25) is 5.91 Å². The number of hydrogen-bond donors (Lipinski definition) is 3. The lowest BCUT2D eigenvalue weighted by Gasteiger charge is -2.24. The fourth-order valence-corrected chi connectivity index (χ4v) is 2.00. The van der Waals surface area contributed by atoms with E-state index < -0.39 is 23.8 Å². The van der Waals surface area contributed by atoms with Crippen molar-refractivity contribution in [2.24, 2.45) is 11.6 Å². The molecule has 1 aliphatic carbocycles. The number of rotatable bonds is 5. The van der Waals surface area contributed by atoms with Crippen molar-refractivity contribution < 1.29 is 16.1 Å². The zero-order valence-corrected chi connectivity index (χ0v) is 9.37. The number of carbonyl (C=O) groups is 2. The fraction of sp³-hybridized carbons (Fsp3) is 0.818. The van der Waals surface area contributed by atoms with Gasteiger partial charge in [0.1, 0.15) is 6.04 Å². The molecule has 1 fully saturated rings. The number of aliphatic carboxylic acids is 1. The van der Waals surface area contributed by atoms with Gasteiger partial charge in [-0.3, -0.25) is 4.79 Å². The first kappa shape index (κ1) is 11.4. The molecule has 1 saturated carbocycles. The molecule has 1 rings (SSSR count). The van der Waals surface area contributed by atoms with Crippen LogP contribution in [0, 0.1) is 5.89 Å². The lowest BCUT2D eigenvalue weighted by molar-refractivity contribution is -0.142. The predicted molar refractivity (Wildman–Crippen MR) is 59.8 cm³/mol. The highest BCUT2D eigenvalue weighted by Crippen LogP contribution is 2.27. The van der Waals surface area contributed by atoms with Gasteiger partial charge >= 0.3 is 5.97 Å². The Morgan fingerprint density at radius 2 is 2.06 bits per heavy atom. The second-order valence-corrected chi connectivity index (χ2v) is 4.18. The lowest BCUT2D eigenvalue weighted by Crippen LogP contribution is -2.44. The average molecular weight is 229 g/mol. The van der Waals surface area contributed by atoms with Gasteiger partial charge in [0.15, 0.2) is 0 Å². The summed E-state index contributed by atoms with van der Waals surface area (Å²) in [6.07, 6.45) is 4.59. The number of amides is 1. The Bertz CT molecular complexity index is 290. The zero-order valence-electron chi connectivity index (χ0n) is 10.4. The Balaban J connectivity index is 2.59. The molecule has 0 aromatic heterocycles. The molecule has 0 radical (unpaired) electrons. The summed E-state index contributed by atoms with van der Waals surface area (Å²) in [7, 11) is 0. The van der Waals surface area contributed by atoms with Gasteiger partial charge in [0.25, 0.3) is 0 Å². The predicted octanol–water partition coefficient (Wildman–Crippen LogP) is 0.485. The van der Waals surface area contributed by atoms with Crippen LogP contribution in [0.4, 0.5) is 0 Å². The van der Waals surface area contributed by atoms with E-state index >= 15 is 0 Å². The van der Waals surface area contributed by atoms with Crippen molar-refractivity contribution in [1.29, 1.82) is 0 Å². The fourth-order valence-electron chi connectivity index (χ4n) is 2.00. The largest absolute Gasteiger partial charge is 0.480 e. The minimum Gasteiger partial charge on any atom is -0.480 e. The van der Waals surface area contributed by atoms with Gasteiger partial charge in [-0.2, -0.15) is 0 Å². The molecule has 1 atom stereocenters. The maximum atomic E-state index is 11.1. The van der Waals surface area contributed by atoms with E-state index in [1.54, 1.807) is 0 Å². The van der Waals surface area contributed by atoms with E-state index in [2.05, 4.69) is 5.32 Å². The molecule has 0 heterocycles. The van der Waals surface area contributed by atoms with Gasteiger partial charge in [-0.15, -0.1) is 0 Å². The Labute approximate surface area is 96.8 Å². The van der Waals surface area contributed by atoms with Crippen LogP contribution in [-0.2, 0) is 9.59 Å². The summed E-state index contributed by atoms with van der Waals surface area (Å²) in [4.78, 5) is 22.1. The molecule has 0 aromatic rings. The molecule has 5 heteroatoms. The number of hydrogen-bond acceptors (Lipinski definition) is 3. The van der Waals surface area contributed by atoms with Gasteiger partial charge in [0.05, 0.1) is 6.54 Å². The van der Waals surface area contributed by atoms with E-state index in [-0.39, 0.29) is 13.0 Å². The summed E-state index contributed by atoms with van der Waals surface area (Å²) in [5.74, 6) is -2.30. The van der Waals surface area contributed by atoms with Crippen molar-refractivity contribution in [2.45, 2.75) is 44.6 Å². The van der Waals surface area contributed by atoms with Crippen molar-refractivity contribution >= 4 is 11.9 Å². The van der Waals surface area contributed by atoms with Crippen molar-refractivity contribution in [3.05, 3.63) is 0 Å². The standard InChI is InChI=1S/C11H20N2O3/c12-7-10(14)13-9(11(15)16)6-8-4-2-1-3-5-8/h8-9H,1-7,12H2,(H,13,14)(H,15,16)/t9-/m0/s1/i8D. The second-order valence-electron chi connectivity index (χ2n) is 4.18. The van der Waals surface area contributed by atoms with E-state index in [0.29, 0.717) is 12.8 Å². The minimum absolute atomic E-state index is 0.161. The number of carboxylic acids is 1. The van der Waals surface area contributed by atoms with E-state index in [1.807, 2.05) is 0 Å². The van der Waals surface area contributed by atoms with Gasteiger partial charge in [-0.05, 0) is 12.3 Å². The van der Waals surface area contributed by atoms with Crippen LogP contribution >= 0.6 is 0 Å². The van der Waals surface area contributed by atoms with E-state index in [4.69, 9.17) is 12.2 Å². The summed E-state index contributed by atoms with van der Waals surface area (Å²) >= 11 is 0. The zero-order chi connectivity index (χ0) is 12.9. The third-order valence-corrected chi connectivity index (χ3v) is 2.87. The summed E-state index contributed by atoms with van der Waals surface area (Å²) < 4.78 is 8.20. The van der Waals surface area contributed by atoms with E-state index in [0.717, 1.165) is 19.3 Å². The third-order valence-electron chi connectivity index (χ3n) is 2.87. The van der Waals surface area contributed by atoms with Crippen LogP contribution in [-0.4, -0.2) is 29.6 Å². The highest BCUT2D eigenvalue weighted by atomic mass is 16.4. The van der Waals surface area contributed by atoms with E-state index in [9.17, 15) is 9.59 Å². The van der Waals surface area contributed by atoms with Crippen LogP contribution in [0.1, 0.15) is 39.9 Å². The van der Waals surface area contributed by atoms with Crippen LogP contribution in [0.15, 0.2) is 0 Å². The number of nitrogens with two attached hydrogens (primary N) is 1. The molecule has 0 unspecified atom stereocenters. The Morgan fingerprint density at radius 1 is 1.44 bits per heavy atom. The maximum absolute atomic E-state index is 11.1. The monoisotopic (exact) mass is 229 g/mol. The average Bonchev–Trinajstić information content (AvgIpc) is 2.28. The van der Waals surface area contributed by atoms with Crippen LogP contribution in [0.2, 0.25) is 0 Å². The Hall–Kier alpha value is -1.10. The first-order chi connectivity index (χ1) is 7.97. The molecule has 5 nitrogen and oxygen atoms in total.